The normalized spacial score (nSPS) is 10.6. The highest BCUT2D eigenvalue weighted by molar-refractivity contribution is 5.97. The molecule has 1 aromatic carbocycles. The van der Waals surface area contributed by atoms with E-state index < -0.39 is 24.5 Å². The van der Waals surface area contributed by atoms with E-state index in [1.807, 2.05) is 26.0 Å². The van der Waals surface area contributed by atoms with Crippen molar-refractivity contribution in [3.8, 4) is 0 Å². The molecule has 0 aliphatic rings. The first-order valence-electron chi connectivity index (χ1n) is 8.14. The van der Waals surface area contributed by atoms with E-state index in [0.29, 0.717) is 23.9 Å². The summed E-state index contributed by atoms with van der Waals surface area (Å²) < 4.78 is 4.90. The lowest BCUT2D eigenvalue weighted by molar-refractivity contribution is -0.123. The van der Waals surface area contributed by atoms with E-state index in [9.17, 15) is 14.4 Å². The zero-order chi connectivity index (χ0) is 18.1. The summed E-state index contributed by atoms with van der Waals surface area (Å²) >= 11 is 0. The van der Waals surface area contributed by atoms with Crippen LogP contribution in [0.5, 0.6) is 0 Å². The Kier molecular flexibility index (Phi) is 7.95. The Morgan fingerprint density at radius 2 is 1.67 bits per heavy atom. The van der Waals surface area contributed by atoms with Gasteiger partial charge in [-0.2, -0.15) is 0 Å². The maximum Gasteiger partial charge on any atom is 0.338 e. The fraction of sp³-hybridized carbons (Fsp3) is 0.500. The molecule has 0 aliphatic heterocycles. The first-order chi connectivity index (χ1) is 11.3. The van der Waals surface area contributed by atoms with Crippen LogP contribution in [0, 0.1) is 5.92 Å². The summed E-state index contributed by atoms with van der Waals surface area (Å²) in [4.78, 5) is 34.9. The number of imide groups is 1. The van der Waals surface area contributed by atoms with E-state index in [1.54, 1.807) is 12.1 Å². The van der Waals surface area contributed by atoms with E-state index in [1.165, 1.54) is 0 Å². The lowest BCUT2D eigenvalue weighted by Gasteiger charge is -2.09. The molecular formula is C18H26N2O4. The van der Waals surface area contributed by atoms with Crippen LogP contribution in [0.3, 0.4) is 0 Å². The van der Waals surface area contributed by atoms with Crippen LogP contribution >= 0.6 is 0 Å². The Hall–Kier alpha value is -2.37. The molecule has 0 bridgehead atoms. The van der Waals surface area contributed by atoms with Gasteiger partial charge < -0.3 is 10.1 Å². The molecule has 6 heteroatoms. The van der Waals surface area contributed by atoms with Gasteiger partial charge in [0.1, 0.15) is 0 Å². The highest BCUT2D eigenvalue weighted by Crippen LogP contribution is 2.15. The number of nitrogens with one attached hydrogen (secondary N) is 2. The first kappa shape index (κ1) is 19.7. The van der Waals surface area contributed by atoms with Gasteiger partial charge in [0.15, 0.2) is 6.61 Å². The van der Waals surface area contributed by atoms with Gasteiger partial charge in [-0.25, -0.2) is 9.59 Å². The summed E-state index contributed by atoms with van der Waals surface area (Å²) in [5.74, 6) is -0.427. The molecule has 2 N–H and O–H groups in total. The summed E-state index contributed by atoms with van der Waals surface area (Å²) in [6, 6.07) is 6.44. The Morgan fingerprint density at radius 3 is 2.21 bits per heavy atom. The fourth-order valence-electron chi connectivity index (χ4n) is 1.90. The number of esters is 1. The molecule has 24 heavy (non-hydrogen) atoms. The summed E-state index contributed by atoms with van der Waals surface area (Å²) in [5.41, 5.74) is 1.48. The smallest absolute Gasteiger partial charge is 0.338 e. The minimum atomic E-state index is -0.663. The molecule has 132 valence electrons. The number of amides is 3. The number of hydrogen-bond acceptors (Lipinski definition) is 4. The van der Waals surface area contributed by atoms with Crippen LogP contribution in [0.15, 0.2) is 24.3 Å². The van der Waals surface area contributed by atoms with Crippen molar-refractivity contribution in [3.63, 3.8) is 0 Å². The van der Waals surface area contributed by atoms with Crippen LogP contribution in [0.2, 0.25) is 0 Å². The standard InChI is InChI=1S/C18H26N2O4/c1-12(2)9-10-19-18(23)20-16(21)11-24-17(22)15-7-5-14(6-8-15)13(3)4/h5-8,12-13H,9-11H2,1-4H3,(H2,19,20,21,23). The average Bonchev–Trinajstić information content (AvgIpc) is 2.52. The fourth-order valence-corrected chi connectivity index (χ4v) is 1.90. The summed E-state index contributed by atoms with van der Waals surface area (Å²) in [7, 11) is 0. The Morgan fingerprint density at radius 1 is 1.04 bits per heavy atom. The molecule has 1 rings (SSSR count). The van der Waals surface area contributed by atoms with E-state index in [4.69, 9.17) is 4.74 Å². The number of benzene rings is 1. The van der Waals surface area contributed by atoms with Crippen molar-refractivity contribution in [1.29, 1.82) is 0 Å². The van der Waals surface area contributed by atoms with E-state index in [-0.39, 0.29) is 0 Å². The Bertz CT molecular complexity index is 565. The minimum Gasteiger partial charge on any atom is -0.452 e. The van der Waals surface area contributed by atoms with Crippen molar-refractivity contribution in [2.45, 2.75) is 40.0 Å². The van der Waals surface area contributed by atoms with E-state index in [2.05, 4.69) is 24.5 Å². The zero-order valence-corrected chi connectivity index (χ0v) is 14.7. The maximum absolute atomic E-state index is 11.9. The van der Waals surface area contributed by atoms with Crippen molar-refractivity contribution in [3.05, 3.63) is 35.4 Å². The number of urea groups is 1. The lowest BCUT2D eigenvalue weighted by Crippen LogP contribution is -2.41. The molecule has 0 spiro atoms. The van der Waals surface area contributed by atoms with Crippen molar-refractivity contribution in [2.75, 3.05) is 13.2 Å². The second kappa shape index (κ2) is 9.70. The molecular weight excluding hydrogens is 308 g/mol. The summed E-state index contributed by atoms with van der Waals surface area (Å²) in [6.07, 6.45) is 0.822. The Balaban J connectivity index is 2.35. The van der Waals surface area contributed by atoms with E-state index in [0.717, 1.165) is 12.0 Å². The molecule has 0 radical (unpaired) electrons. The molecule has 6 nitrogen and oxygen atoms in total. The van der Waals surface area contributed by atoms with E-state index >= 15 is 0 Å². The molecule has 0 aromatic heterocycles. The average molecular weight is 334 g/mol. The Labute approximate surface area is 143 Å². The van der Waals surface area contributed by atoms with Crippen LogP contribution in [0.1, 0.15) is 56.0 Å². The molecule has 0 atom stereocenters. The monoisotopic (exact) mass is 334 g/mol. The van der Waals surface area contributed by atoms with Crippen LogP contribution < -0.4 is 10.6 Å². The summed E-state index contributed by atoms with van der Waals surface area (Å²) in [6.45, 7) is 8.19. The molecule has 3 amide bonds. The van der Waals surface area contributed by atoms with Crippen LogP contribution in [0.25, 0.3) is 0 Å². The zero-order valence-electron chi connectivity index (χ0n) is 14.7. The molecule has 0 aliphatic carbocycles. The number of carbonyl (C=O) groups is 3. The summed E-state index contributed by atoms with van der Waals surface area (Å²) in [5, 5.41) is 4.69. The van der Waals surface area contributed by atoms with Gasteiger partial charge in [-0.1, -0.05) is 39.8 Å². The minimum absolute atomic E-state index is 0.369. The molecule has 0 unspecified atom stereocenters. The second-order valence-corrected chi connectivity index (χ2v) is 6.34. The number of ether oxygens (including phenoxy) is 1. The van der Waals surface area contributed by atoms with Gasteiger partial charge in [0.2, 0.25) is 0 Å². The molecule has 0 heterocycles. The maximum atomic E-state index is 11.9. The first-order valence-corrected chi connectivity index (χ1v) is 8.14. The van der Waals surface area contributed by atoms with Gasteiger partial charge in [0, 0.05) is 6.54 Å². The van der Waals surface area contributed by atoms with Crippen molar-refractivity contribution in [2.24, 2.45) is 5.92 Å². The largest absolute Gasteiger partial charge is 0.452 e. The number of rotatable bonds is 7. The predicted octanol–water partition coefficient (Wildman–Crippen LogP) is 2.84. The lowest BCUT2D eigenvalue weighted by atomic mass is 10.0. The van der Waals surface area contributed by atoms with Gasteiger partial charge in [-0.15, -0.1) is 0 Å². The van der Waals surface area contributed by atoms with Crippen LogP contribution in [-0.2, 0) is 9.53 Å². The highest BCUT2D eigenvalue weighted by Gasteiger charge is 2.12. The third-order valence-electron chi connectivity index (χ3n) is 3.41. The van der Waals surface area contributed by atoms with Gasteiger partial charge in [-0.3, -0.25) is 10.1 Å². The molecule has 0 saturated carbocycles. The quantitative estimate of drug-likeness (QED) is 0.751. The molecule has 0 fully saturated rings. The SMILES string of the molecule is CC(C)CCNC(=O)NC(=O)COC(=O)c1ccc(C(C)C)cc1. The van der Waals surface area contributed by atoms with Crippen molar-refractivity contribution >= 4 is 17.9 Å². The second-order valence-electron chi connectivity index (χ2n) is 6.34. The topological polar surface area (TPSA) is 84.5 Å². The molecule has 0 saturated heterocycles. The van der Waals surface area contributed by atoms with Crippen molar-refractivity contribution in [1.82, 2.24) is 10.6 Å². The van der Waals surface area contributed by atoms with Crippen LogP contribution in [0.4, 0.5) is 4.79 Å². The van der Waals surface area contributed by atoms with Gasteiger partial charge in [0.05, 0.1) is 5.56 Å². The van der Waals surface area contributed by atoms with Gasteiger partial charge in [0.25, 0.3) is 5.91 Å². The number of carbonyl (C=O) groups excluding carboxylic acids is 3. The molecule has 1 aromatic rings. The predicted molar refractivity (Wildman–Crippen MR) is 91.8 cm³/mol. The van der Waals surface area contributed by atoms with Gasteiger partial charge in [-0.05, 0) is 36.0 Å². The third-order valence-corrected chi connectivity index (χ3v) is 3.41. The highest BCUT2D eigenvalue weighted by atomic mass is 16.5. The third kappa shape index (κ3) is 7.26. The number of hydrogen-bond donors (Lipinski definition) is 2. The van der Waals surface area contributed by atoms with Crippen molar-refractivity contribution < 1.29 is 19.1 Å². The van der Waals surface area contributed by atoms with Gasteiger partial charge >= 0.3 is 12.0 Å². The van der Waals surface area contributed by atoms with Crippen LogP contribution in [-0.4, -0.2) is 31.1 Å².